The fraction of sp³-hybridized carbons (Fsp3) is 0. The molecule has 1 amide bonds. The van der Waals surface area contributed by atoms with Crippen molar-refractivity contribution in [3.8, 4) is 22.8 Å². The number of amides is 1. The number of carbonyl (C=O) groups excluding carboxylic acids is 1. The first kappa shape index (κ1) is 19.8. The Hall–Kier alpha value is -4.16. The summed E-state index contributed by atoms with van der Waals surface area (Å²) in [6.07, 6.45) is 4.64. The zero-order valence-electron chi connectivity index (χ0n) is 16.7. The molecule has 3 aromatic heterocycles. The summed E-state index contributed by atoms with van der Waals surface area (Å²) in [6.45, 7) is 0. The Morgan fingerprint density at radius 3 is 2.66 bits per heavy atom. The van der Waals surface area contributed by atoms with Gasteiger partial charge in [-0.05, 0) is 48.5 Å². The van der Waals surface area contributed by atoms with Crippen molar-refractivity contribution in [2.45, 2.75) is 0 Å². The van der Waals surface area contributed by atoms with Crippen molar-refractivity contribution in [1.29, 1.82) is 0 Å². The number of hydrogen-bond donors (Lipinski definition) is 1. The molecule has 0 fully saturated rings. The number of nitrogens with zero attached hydrogens (tertiary/aromatic N) is 2. The fourth-order valence-corrected chi connectivity index (χ4v) is 3.34. The molecule has 5 aromatic rings. The first-order valence-electron chi connectivity index (χ1n) is 9.81. The number of nitrogens with one attached hydrogen (secondary N) is 1. The number of furan rings is 1. The zero-order valence-corrected chi connectivity index (χ0v) is 17.4. The Morgan fingerprint density at radius 2 is 1.81 bits per heavy atom. The molecule has 7 heteroatoms. The number of oxazole rings is 1. The first-order chi connectivity index (χ1) is 15.7. The van der Waals surface area contributed by atoms with Gasteiger partial charge in [0.15, 0.2) is 11.2 Å². The van der Waals surface area contributed by atoms with E-state index in [-0.39, 0.29) is 5.91 Å². The number of rotatable bonds is 5. The van der Waals surface area contributed by atoms with E-state index in [1.165, 1.54) is 6.08 Å². The van der Waals surface area contributed by atoms with E-state index >= 15 is 0 Å². The topological polar surface area (TPSA) is 81.2 Å². The first-order valence-corrected chi connectivity index (χ1v) is 10.2. The Balaban J connectivity index is 1.32. The van der Waals surface area contributed by atoms with Crippen LogP contribution < -0.4 is 5.32 Å². The number of benzene rings is 2. The van der Waals surface area contributed by atoms with E-state index in [0.717, 1.165) is 11.3 Å². The summed E-state index contributed by atoms with van der Waals surface area (Å²) in [6, 6.07) is 22.1. The Morgan fingerprint density at radius 1 is 0.938 bits per heavy atom. The standard InChI is InChI=1S/C25H16ClN3O3/c26-19-11-8-17(25-29-24-22(32-25)7-4-14-27-24)15-20(19)28-23(30)13-10-18-9-12-21(31-18)16-5-2-1-3-6-16/h1-15H,(H,28,30)/b13-10+. The average molecular weight is 442 g/mol. The minimum atomic E-state index is -0.346. The van der Waals surface area contributed by atoms with Gasteiger partial charge in [-0.1, -0.05) is 41.9 Å². The molecule has 0 atom stereocenters. The number of pyridine rings is 1. The van der Waals surface area contributed by atoms with E-state index in [1.54, 1.807) is 48.7 Å². The number of carbonyl (C=O) groups is 1. The van der Waals surface area contributed by atoms with Gasteiger partial charge in [0.2, 0.25) is 11.8 Å². The van der Waals surface area contributed by atoms with Crippen molar-refractivity contribution in [2.24, 2.45) is 0 Å². The summed E-state index contributed by atoms with van der Waals surface area (Å²) < 4.78 is 11.5. The second kappa shape index (κ2) is 8.53. The van der Waals surface area contributed by atoms with E-state index in [2.05, 4.69) is 15.3 Å². The summed E-state index contributed by atoms with van der Waals surface area (Å²) in [4.78, 5) is 21.0. The molecule has 0 radical (unpaired) electrons. The van der Waals surface area contributed by atoms with Gasteiger partial charge in [-0.2, -0.15) is 4.98 Å². The van der Waals surface area contributed by atoms with E-state index < -0.39 is 0 Å². The average Bonchev–Trinajstić information content (AvgIpc) is 3.47. The molecule has 0 unspecified atom stereocenters. The molecular formula is C25H16ClN3O3. The maximum atomic E-state index is 12.5. The maximum Gasteiger partial charge on any atom is 0.248 e. The van der Waals surface area contributed by atoms with Gasteiger partial charge in [-0.15, -0.1) is 0 Å². The highest BCUT2D eigenvalue weighted by Gasteiger charge is 2.12. The molecule has 0 spiro atoms. The number of hydrogen-bond acceptors (Lipinski definition) is 5. The third-order valence-electron chi connectivity index (χ3n) is 4.72. The van der Waals surface area contributed by atoms with Crippen LogP contribution in [0.1, 0.15) is 5.76 Å². The van der Waals surface area contributed by atoms with Gasteiger partial charge in [0.1, 0.15) is 11.5 Å². The van der Waals surface area contributed by atoms with Crippen LogP contribution in [0.3, 0.4) is 0 Å². The van der Waals surface area contributed by atoms with Crippen molar-refractivity contribution in [3.05, 3.63) is 95.9 Å². The van der Waals surface area contributed by atoms with Gasteiger partial charge in [0, 0.05) is 23.4 Å². The van der Waals surface area contributed by atoms with Crippen LogP contribution in [0.25, 0.3) is 40.1 Å². The van der Waals surface area contributed by atoms with E-state index in [9.17, 15) is 4.79 Å². The highest BCUT2D eigenvalue weighted by atomic mass is 35.5. The zero-order chi connectivity index (χ0) is 21.9. The van der Waals surface area contributed by atoms with Gasteiger partial charge < -0.3 is 14.2 Å². The molecule has 5 rings (SSSR count). The Bertz CT molecular complexity index is 1400. The lowest BCUT2D eigenvalue weighted by atomic mass is 10.2. The van der Waals surface area contributed by atoms with Gasteiger partial charge in [0.25, 0.3) is 0 Å². The lowest BCUT2D eigenvalue weighted by Gasteiger charge is -2.06. The van der Waals surface area contributed by atoms with Gasteiger partial charge in [-0.3, -0.25) is 4.79 Å². The highest BCUT2D eigenvalue weighted by molar-refractivity contribution is 6.34. The number of aromatic nitrogens is 2. The van der Waals surface area contributed by atoms with Crippen molar-refractivity contribution in [2.75, 3.05) is 5.32 Å². The predicted octanol–water partition coefficient (Wildman–Crippen LogP) is 6.46. The van der Waals surface area contributed by atoms with Crippen molar-refractivity contribution >= 4 is 40.5 Å². The summed E-state index contributed by atoms with van der Waals surface area (Å²) in [5.41, 5.74) is 3.18. The van der Waals surface area contributed by atoms with Crippen molar-refractivity contribution in [3.63, 3.8) is 0 Å². The summed E-state index contributed by atoms with van der Waals surface area (Å²) in [5.74, 6) is 1.35. The summed E-state index contributed by atoms with van der Waals surface area (Å²) in [5, 5.41) is 3.18. The molecule has 156 valence electrons. The van der Waals surface area contributed by atoms with Crippen LogP contribution in [-0.4, -0.2) is 15.9 Å². The third kappa shape index (κ3) is 4.17. The molecule has 1 N–H and O–H groups in total. The van der Waals surface area contributed by atoms with Crippen molar-refractivity contribution < 1.29 is 13.6 Å². The number of anilines is 1. The van der Waals surface area contributed by atoms with Crippen LogP contribution in [0, 0.1) is 0 Å². The largest absolute Gasteiger partial charge is 0.457 e. The molecule has 0 aliphatic heterocycles. The Kier molecular flexibility index (Phi) is 5.27. The predicted molar refractivity (Wildman–Crippen MR) is 124 cm³/mol. The molecular weight excluding hydrogens is 426 g/mol. The van der Waals surface area contributed by atoms with Crippen LogP contribution >= 0.6 is 11.6 Å². The third-order valence-corrected chi connectivity index (χ3v) is 5.05. The maximum absolute atomic E-state index is 12.5. The quantitative estimate of drug-likeness (QED) is 0.317. The lowest BCUT2D eigenvalue weighted by Crippen LogP contribution is -2.08. The van der Waals surface area contributed by atoms with Crippen LogP contribution in [-0.2, 0) is 4.79 Å². The van der Waals surface area contributed by atoms with Crippen LogP contribution in [0.5, 0.6) is 0 Å². The molecule has 32 heavy (non-hydrogen) atoms. The van der Waals surface area contributed by atoms with Crippen LogP contribution in [0.4, 0.5) is 5.69 Å². The molecule has 2 aromatic carbocycles. The number of fused-ring (bicyclic) bond motifs is 1. The van der Waals surface area contributed by atoms with E-state index in [0.29, 0.717) is 39.2 Å². The second-order valence-corrected chi connectivity index (χ2v) is 7.34. The molecule has 0 saturated carbocycles. The fourth-order valence-electron chi connectivity index (χ4n) is 3.18. The minimum absolute atomic E-state index is 0.346. The summed E-state index contributed by atoms with van der Waals surface area (Å²) in [7, 11) is 0. The van der Waals surface area contributed by atoms with Crippen LogP contribution in [0.15, 0.2) is 93.9 Å². The van der Waals surface area contributed by atoms with Crippen LogP contribution in [0.2, 0.25) is 5.02 Å². The molecule has 0 aliphatic carbocycles. The molecule has 0 saturated heterocycles. The van der Waals surface area contributed by atoms with E-state index in [4.69, 9.17) is 20.4 Å². The normalized spacial score (nSPS) is 11.3. The molecule has 0 aliphatic rings. The molecule has 0 bridgehead atoms. The van der Waals surface area contributed by atoms with Crippen molar-refractivity contribution in [1.82, 2.24) is 9.97 Å². The number of halogens is 1. The molecule has 6 nitrogen and oxygen atoms in total. The Labute approximate surface area is 188 Å². The minimum Gasteiger partial charge on any atom is -0.457 e. The SMILES string of the molecule is O=C(/C=C/c1ccc(-c2ccccc2)o1)Nc1cc(-c2nc3ncccc3o2)ccc1Cl. The molecule has 3 heterocycles. The second-order valence-electron chi connectivity index (χ2n) is 6.93. The van der Waals surface area contributed by atoms with Gasteiger partial charge in [-0.25, -0.2) is 4.98 Å². The van der Waals surface area contributed by atoms with Gasteiger partial charge in [0.05, 0.1) is 10.7 Å². The monoisotopic (exact) mass is 441 g/mol. The van der Waals surface area contributed by atoms with Gasteiger partial charge >= 0.3 is 0 Å². The highest BCUT2D eigenvalue weighted by Crippen LogP contribution is 2.30. The summed E-state index contributed by atoms with van der Waals surface area (Å²) >= 11 is 6.27. The smallest absolute Gasteiger partial charge is 0.248 e. The van der Waals surface area contributed by atoms with E-state index in [1.807, 2.05) is 36.4 Å². The lowest BCUT2D eigenvalue weighted by molar-refractivity contribution is -0.111.